The fourth-order valence-corrected chi connectivity index (χ4v) is 6.66. The summed E-state index contributed by atoms with van der Waals surface area (Å²) in [5, 5.41) is 15.2. The quantitative estimate of drug-likeness (QED) is 0.495. The highest BCUT2D eigenvalue weighted by Crippen LogP contribution is 2.35. The second kappa shape index (κ2) is 9.88. The Bertz CT molecular complexity index is 1450. The SMILES string of the molecule is CC(C)c1cnc(N2CCCS(=O)(=O)C2)c2cnc(Nc3ccnc(N4C[C@@H](F)[C@@H](O)C(C)(C)C4)n3)cc12. The van der Waals surface area contributed by atoms with Gasteiger partial charge in [0.15, 0.2) is 9.84 Å². The summed E-state index contributed by atoms with van der Waals surface area (Å²) < 4.78 is 39.0. The number of aliphatic hydroxyl groups is 1. The van der Waals surface area contributed by atoms with Crippen molar-refractivity contribution in [2.24, 2.45) is 5.41 Å². The highest BCUT2D eigenvalue weighted by atomic mass is 32.2. The molecule has 2 saturated heterocycles. The molecule has 12 heteroatoms. The molecule has 2 aliphatic heterocycles. The Labute approximate surface area is 222 Å². The van der Waals surface area contributed by atoms with E-state index in [1.807, 2.05) is 31.0 Å². The van der Waals surface area contributed by atoms with E-state index in [2.05, 4.69) is 39.1 Å². The molecule has 2 aliphatic rings. The van der Waals surface area contributed by atoms with Gasteiger partial charge in [0.25, 0.3) is 0 Å². The Hall–Kier alpha value is -3.12. The number of hydrogen-bond acceptors (Lipinski definition) is 10. The zero-order valence-electron chi connectivity index (χ0n) is 22.1. The van der Waals surface area contributed by atoms with Gasteiger partial charge in [-0.25, -0.2) is 27.8 Å². The van der Waals surface area contributed by atoms with E-state index < -0.39 is 27.5 Å². The van der Waals surface area contributed by atoms with Gasteiger partial charge in [-0.3, -0.25) is 0 Å². The van der Waals surface area contributed by atoms with Crippen LogP contribution in [0.15, 0.2) is 30.7 Å². The first kappa shape index (κ1) is 26.5. The van der Waals surface area contributed by atoms with Crippen LogP contribution in [-0.4, -0.2) is 77.0 Å². The third kappa shape index (κ3) is 5.24. The topological polar surface area (TPSA) is 124 Å². The lowest BCUT2D eigenvalue weighted by atomic mass is 9.80. The van der Waals surface area contributed by atoms with Gasteiger partial charge in [0.2, 0.25) is 5.95 Å². The number of nitrogens with one attached hydrogen (secondary N) is 1. The molecular formula is C26H34FN7O3S. The first-order valence-corrected chi connectivity index (χ1v) is 14.7. The predicted molar refractivity (Wildman–Crippen MR) is 146 cm³/mol. The van der Waals surface area contributed by atoms with Crippen LogP contribution in [0.2, 0.25) is 0 Å². The summed E-state index contributed by atoms with van der Waals surface area (Å²) in [5.41, 5.74) is 0.386. The lowest BCUT2D eigenvalue weighted by Gasteiger charge is -2.43. The molecule has 3 aromatic heterocycles. The van der Waals surface area contributed by atoms with Crippen molar-refractivity contribution in [3.63, 3.8) is 0 Å². The summed E-state index contributed by atoms with van der Waals surface area (Å²) in [6, 6.07) is 3.64. The molecule has 38 heavy (non-hydrogen) atoms. The molecule has 0 spiro atoms. The normalized spacial score (nSPS) is 23.1. The fraction of sp³-hybridized carbons (Fsp3) is 0.538. The third-order valence-electron chi connectivity index (χ3n) is 7.26. The number of sulfone groups is 1. The summed E-state index contributed by atoms with van der Waals surface area (Å²) in [6.07, 6.45) is 3.27. The van der Waals surface area contributed by atoms with E-state index in [0.717, 1.165) is 16.3 Å². The number of anilines is 4. The second-order valence-electron chi connectivity index (χ2n) is 11.2. The number of nitrogens with zero attached hydrogens (tertiary/aromatic N) is 6. The average Bonchev–Trinajstić information content (AvgIpc) is 2.85. The summed E-state index contributed by atoms with van der Waals surface area (Å²) in [6.45, 7) is 8.88. The number of pyridine rings is 2. The Balaban J connectivity index is 1.46. The van der Waals surface area contributed by atoms with E-state index in [1.54, 1.807) is 23.4 Å². The molecule has 0 radical (unpaired) electrons. The van der Waals surface area contributed by atoms with Gasteiger partial charge in [0.05, 0.1) is 18.4 Å². The maximum atomic E-state index is 14.5. The molecule has 5 heterocycles. The third-order valence-corrected chi connectivity index (χ3v) is 8.87. The van der Waals surface area contributed by atoms with E-state index in [-0.39, 0.29) is 24.1 Å². The van der Waals surface area contributed by atoms with Gasteiger partial charge in [-0.2, -0.15) is 4.98 Å². The fourth-order valence-electron chi connectivity index (χ4n) is 5.24. The lowest BCUT2D eigenvalue weighted by Crippen LogP contribution is -2.55. The largest absolute Gasteiger partial charge is 0.389 e. The molecule has 10 nitrogen and oxygen atoms in total. The van der Waals surface area contributed by atoms with Gasteiger partial charge < -0.3 is 20.2 Å². The van der Waals surface area contributed by atoms with E-state index in [9.17, 15) is 17.9 Å². The van der Waals surface area contributed by atoms with Gasteiger partial charge in [-0.15, -0.1) is 0 Å². The van der Waals surface area contributed by atoms with Crippen molar-refractivity contribution in [2.45, 2.75) is 52.3 Å². The van der Waals surface area contributed by atoms with Gasteiger partial charge >= 0.3 is 0 Å². The average molecular weight is 544 g/mol. The van der Waals surface area contributed by atoms with Gasteiger partial charge in [-0.1, -0.05) is 27.7 Å². The molecule has 2 N–H and O–H groups in total. The van der Waals surface area contributed by atoms with Crippen LogP contribution in [-0.2, 0) is 9.84 Å². The summed E-state index contributed by atoms with van der Waals surface area (Å²) in [7, 11) is -3.15. The van der Waals surface area contributed by atoms with Crippen molar-refractivity contribution in [3.05, 3.63) is 36.3 Å². The molecule has 2 atom stereocenters. The second-order valence-corrected chi connectivity index (χ2v) is 13.4. The summed E-state index contributed by atoms with van der Waals surface area (Å²) in [4.78, 5) is 21.7. The molecule has 2 fully saturated rings. The molecule has 0 bridgehead atoms. The van der Waals surface area contributed by atoms with Crippen LogP contribution in [0.1, 0.15) is 45.6 Å². The number of fused-ring (bicyclic) bond motifs is 1. The molecule has 0 saturated carbocycles. The van der Waals surface area contributed by atoms with Gasteiger partial charge in [0, 0.05) is 42.5 Å². The van der Waals surface area contributed by atoms with Crippen molar-refractivity contribution in [1.82, 2.24) is 19.9 Å². The molecular weight excluding hydrogens is 509 g/mol. The lowest BCUT2D eigenvalue weighted by molar-refractivity contribution is -0.0257. The van der Waals surface area contributed by atoms with Crippen LogP contribution in [0, 0.1) is 5.41 Å². The molecule has 0 aliphatic carbocycles. The number of aromatic nitrogens is 4. The number of hydrogen-bond donors (Lipinski definition) is 2. The van der Waals surface area contributed by atoms with Crippen LogP contribution in [0.4, 0.5) is 27.8 Å². The summed E-state index contributed by atoms with van der Waals surface area (Å²) >= 11 is 0. The first-order valence-electron chi connectivity index (χ1n) is 12.8. The Morgan fingerprint density at radius 3 is 2.63 bits per heavy atom. The minimum atomic E-state index is -3.15. The Morgan fingerprint density at radius 1 is 1.13 bits per heavy atom. The van der Waals surface area contributed by atoms with Crippen molar-refractivity contribution in [3.8, 4) is 0 Å². The minimum absolute atomic E-state index is 0.0159. The summed E-state index contributed by atoms with van der Waals surface area (Å²) in [5.74, 6) is 2.39. The number of aliphatic hydroxyl groups excluding tert-OH is 1. The standard InChI is InChI=1S/C26H34FN7O3S/c1-16(2)18-11-30-24(33-8-5-9-38(36,37)15-33)19-12-29-22(10-17(18)19)31-21-6-7-28-25(32-21)34-13-20(27)23(35)26(3,4)14-34/h6-7,10-12,16,20,23,35H,5,8-9,13-15H2,1-4H3,(H,28,29,31,32)/t20-,23-/m1/s1. The molecule has 0 amide bonds. The number of piperidine rings is 1. The highest BCUT2D eigenvalue weighted by molar-refractivity contribution is 7.91. The zero-order chi connectivity index (χ0) is 27.2. The number of rotatable bonds is 5. The van der Waals surface area contributed by atoms with E-state index in [1.165, 1.54) is 0 Å². The highest BCUT2D eigenvalue weighted by Gasteiger charge is 2.42. The molecule has 0 aromatic carbocycles. The predicted octanol–water partition coefficient (Wildman–Crippen LogP) is 3.41. The monoisotopic (exact) mass is 543 g/mol. The van der Waals surface area contributed by atoms with E-state index >= 15 is 0 Å². The molecule has 3 aromatic rings. The Kier molecular flexibility index (Phi) is 6.89. The van der Waals surface area contributed by atoms with Gasteiger partial charge in [-0.05, 0) is 35.4 Å². The van der Waals surface area contributed by atoms with E-state index in [0.29, 0.717) is 42.9 Å². The van der Waals surface area contributed by atoms with E-state index in [4.69, 9.17) is 0 Å². The maximum absolute atomic E-state index is 14.5. The number of halogens is 1. The Morgan fingerprint density at radius 2 is 1.92 bits per heavy atom. The molecule has 204 valence electrons. The van der Waals surface area contributed by atoms with Crippen LogP contribution in [0.3, 0.4) is 0 Å². The molecule has 0 unspecified atom stereocenters. The van der Waals surface area contributed by atoms with Crippen molar-refractivity contribution in [1.29, 1.82) is 0 Å². The zero-order valence-corrected chi connectivity index (χ0v) is 22.9. The van der Waals surface area contributed by atoms with Crippen molar-refractivity contribution >= 4 is 44.0 Å². The van der Waals surface area contributed by atoms with Crippen molar-refractivity contribution in [2.75, 3.05) is 46.4 Å². The van der Waals surface area contributed by atoms with Crippen molar-refractivity contribution < 1.29 is 17.9 Å². The van der Waals surface area contributed by atoms with Crippen LogP contribution in [0.25, 0.3) is 10.8 Å². The number of alkyl halides is 1. The van der Waals surface area contributed by atoms with Crippen LogP contribution < -0.4 is 15.1 Å². The molecule has 5 rings (SSSR count). The smallest absolute Gasteiger partial charge is 0.227 e. The maximum Gasteiger partial charge on any atom is 0.227 e. The van der Waals surface area contributed by atoms with Crippen LogP contribution >= 0.6 is 0 Å². The van der Waals surface area contributed by atoms with Gasteiger partial charge in [0.1, 0.15) is 29.5 Å². The first-order chi connectivity index (χ1) is 17.9. The van der Waals surface area contributed by atoms with Crippen LogP contribution in [0.5, 0.6) is 0 Å². The minimum Gasteiger partial charge on any atom is -0.389 e.